The summed E-state index contributed by atoms with van der Waals surface area (Å²) in [6.45, 7) is 6.44. The molecule has 2 N–H and O–H groups in total. The van der Waals surface area contributed by atoms with Gasteiger partial charge in [-0.2, -0.15) is 0 Å². The topological polar surface area (TPSA) is 75.2 Å². The van der Waals surface area contributed by atoms with Gasteiger partial charge in [0.15, 0.2) is 5.96 Å². The van der Waals surface area contributed by atoms with Gasteiger partial charge in [-0.25, -0.2) is 0 Å². The van der Waals surface area contributed by atoms with Crippen molar-refractivity contribution in [3.8, 4) is 0 Å². The Labute approximate surface area is 176 Å². The lowest BCUT2D eigenvalue weighted by molar-refractivity contribution is -0.144. The van der Waals surface area contributed by atoms with Crippen molar-refractivity contribution >= 4 is 47.2 Å². The highest BCUT2D eigenvalue weighted by Crippen LogP contribution is 2.25. The molecule has 0 amide bonds. The van der Waals surface area contributed by atoms with Crippen LogP contribution in [0.1, 0.15) is 17.8 Å². The van der Waals surface area contributed by atoms with Gasteiger partial charge in [0, 0.05) is 38.1 Å². The minimum absolute atomic E-state index is 0. The zero-order chi connectivity index (χ0) is 18.1. The number of methoxy groups -OCH3 is 1. The molecule has 2 unspecified atom stereocenters. The Morgan fingerprint density at radius 2 is 2.08 bits per heavy atom. The number of hydrogen-bond acceptors (Lipinski definition) is 6. The summed E-state index contributed by atoms with van der Waals surface area (Å²) in [5.41, 5.74) is 0. The van der Waals surface area contributed by atoms with E-state index in [9.17, 15) is 4.79 Å². The first-order valence-corrected chi connectivity index (χ1v) is 9.41. The van der Waals surface area contributed by atoms with Gasteiger partial charge in [-0.3, -0.25) is 14.7 Å². The molecule has 0 radical (unpaired) electrons. The maximum absolute atomic E-state index is 11.5. The fourth-order valence-corrected chi connectivity index (χ4v) is 3.59. The van der Waals surface area contributed by atoms with Gasteiger partial charge in [0.25, 0.3) is 0 Å². The predicted octanol–water partition coefficient (Wildman–Crippen LogP) is 1.71. The zero-order valence-corrected chi connectivity index (χ0v) is 18.7. The van der Waals surface area contributed by atoms with E-state index in [-0.39, 0.29) is 41.9 Å². The van der Waals surface area contributed by atoms with Crippen molar-refractivity contribution in [3.63, 3.8) is 0 Å². The first-order valence-electron chi connectivity index (χ1n) is 8.53. The number of carbonyl (C=O) groups excluding carboxylic acids is 1. The number of morpholine rings is 1. The monoisotopic (exact) mass is 496 g/mol. The van der Waals surface area contributed by atoms with Crippen LogP contribution in [0.25, 0.3) is 0 Å². The molecule has 0 spiro atoms. The third kappa shape index (κ3) is 7.01. The average molecular weight is 496 g/mol. The number of aliphatic imine (C=N–C) groups is 1. The van der Waals surface area contributed by atoms with Crippen LogP contribution >= 0.6 is 35.3 Å². The lowest BCUT2D eigenvalue weighted by atomic mass is 10.2. The van der Waals surface area contributed by atoms with Gasteiger partial charge in [0.1, 0.15) is 0 Å². The summed E-state index contributed by atoms with van der Waals surface area (Å²) in [5.74, 6) is 0.231. The molecule has 1 aromatic rings. The molecule has 148 valence electrons. The third-order valence-electron chi connectivity index (χ3n) is 4.22. The van der Waals surface area contributed by atoms with E-state index >= 15 is 0 Å². The van der Waals surface area contributed by atoms with Crippen LogP contribution in [0.2, 0.25) is 0 Å². The molecule has 26 heavy (non-hydrogen) atoms. The van der Waals surface area contributed by atoms with Crippen molar-refractivity contribution in [1.29, 1.82) is 0 Å². The number of esters is 1. The van der Waals surface area contributed by atoms with E-state index in [1.54, 1.807) is 18.4 Å². The second-order valence-electron chi connectivity index (χ2n) is 5.94. The highest BCUT2D eigenvalue weighted by Gasteiger charge is 2.23. The van der Waals surface area contributed by atoms with Crippen molar-refractivity contribution in [2.75, 3.05) is 53.6 Å². The van der Waals surface area contributed by atoms with Crippen molar-refractivity contribution in [3.05, 3.63) is 22.4 Å². The summed E-state index contributed by atoms with van der Waals surface area (Å²) < 4.78 is 10.2. The molecule has 1 fully saturated rings. The minimum Gasteiger partial charge on any atom is -0.469 e. The molecule has 1 saturated heterocycles. The summed E-state index contributed by atoms with van der Waals surface area (Å²) in [7, 11) is 3.13. The molecule has 9 heteroatoms. The van der Waals surface area contributed by atoms with Crippen molar-refractivity contribution in [1.82, 2.24) is 15.5 Å². The number of thiophene rings is 1. The molecule has 0 aliphatic carbocycles. The number of halogens is 1. The molecule has 1 aromatic heterocycles. The lowest BCUT2D eigenvalue weighted by Gasteiger charge is -2.34. The Balaban J connectivity index is 0.00000338. The van der Waals surface area contributed by atoms with Crippen LogP contribution in [-0.4, -0.2) is 70.4 Å². The van der Waals surface area contributed by atoms with Gasteiger partial charge in [0.05, 0.1) is 32.3 Å². The second-order valence-corrected chi connectivity index (χ2v) is 6.92. The van der Waals surface area contributed by atoms with Gasteiger partial charge in [0.2, 0.25) is 0 Å². The molecular formula is C17H29IN4O3S. The Kier molecular flexibility index (Phi) is 11.1. The zero-order valence-electron chi connectivity index (χ0n) is 15.6. The van der Waals surface area contributed by atoms with E-state index in [1.807, 2.05) is 6.92 Å². The van der Waals surface area contributed by atoms with Gasteiger partial charge in [-0.1, -0.05) is 13.0 Å². The maximum Gasteiger partial charge on any atom is 0.310 e. The van der Waals surface area contributed by atoms with E-state index in [4.69, 9.17) is 9.47 Å². The molecule has 2 rings (SSSR count). The largest absolute Gasteiger partial charge is 0.469 e. The molecular weight excluding hydrogens is 467 g/mol. The standard InChI is InChI=1S/C17H28N4O3S.HI/c1-13(16(22)23-3)11-19-17(18-2)20-12-14(15-5-4-10-25-15)21-6-8-24-9-7-21;/h4-5,10,13-14H,6-9,11-12H2,1-3H3,(H2,18,19,20);1H. The summed E-state index contributed by atoms with van der Waals surface area (Å²) in [6, 6.07) is 4.53. The van der Waals surface area contributed by atoms with Crippen LogP contribution in [0, 0.1) is 5.92 Å². The van der Waals surface area contributed by atoms with E-state index in [0.717, 1.165) is 32.8 Å². The number of nitrogens with zero attached hydrogens (tertiary/aromatic N) is 2. The van der Waals surface area contributed by atoms with Crippen LogP contribution in [0.4, 0.5) is 0 Å². The van der Waals surface area contributed by atoms with Crippen LogP contribution in [0.5, 0.6) is 0 Å². The molecule has 0 aromatic carbocycles. The van der Waals surface area contributed by atoms with Crippen molar-refractivity contribution in [2.24, 2.45) is 10.9 Å². The SMILES string of the molecule is CN=C(NCC(C)C(=O)OC)NCC(c1cccs1)N1CCOCC1.I. The van der Waals surface area contributed by atoms with E-state index in [2.05, 4.69) is 38.0 Å². The Morgan fingerprint density at radius 3 is 2.65 bits per heavy atom. The van der Waals surface area contributed by atoms with Crippen LogP contribution in [0.15, 0.2) is 22.5 Å². The molecule has 1 aliphatic rings. The number of rotatable bonds is 7. The van der Waals surface area contributed by atoms with Crippen molar-refractivity contribution in [2.45, 2.75) is 13.0 Å². The molecule has 7 nitrogen and oxygen atoms in total. The smallest absolute Gasteiger partial charge is 0.310 e. The van der Waals surface area contributed by atoms with Crippen molar-refractivity contribution < 1.29 is 14.3 Å². The van der Waals surface area contributed by atoms with E-state index in [0.29, 0.717) is 12.5 Å². The Hall–Kier alpha value is -0.910. The number of ether oxygens (including phenoxy) is 2. The molecule has 2 atom stereocenters. The fraction of sp³-hybridized carbons (Fsp3) is 0.647. The Bertz CT molecular complexity index is 550. The molecule has 1 aliphatic heterocycles. The maximum atomic E-state index is 11.5. The highest BCUT2D eigenvalue weighted by molar-refractivity contribution is 14.0. The molecule has 2 heterocycles. The number of guanidine groups is 1. The molecule has 0 bridgehead atoms. The highest BCUT2D eigenvalue weighted by atomic mass is 127. The summed E-state index contributed by atoms with van der Waals surface area (Å²) in [4.78, 5) is 19.5. The first-order chi connectivity index (χ1) is 12.2. The molecule has 0 saturated carbocycles. The first kappa shape index (κ1) is 23.1. The predicted molar refractivity (Wildman–Crippen MR) is 115 cm³/mol. The second kappa shape index (κ2) is 12.5. The van der Waals surface area contributed by atoms with Crippen LogP contribution in [0.3, 0.4) is 0 Å². The third-order valence-corrected chi connectivity index (χ3v) is 5.20. The van der Waals surface area contributed by atoms with Gasteiger partial charge >= 0.3 is 5.97 Å². The van der Waals surface area contributed by atoms with Gasteiger partial charge < -0.3 is 20.1 Å². The van der Waals surface area contributed by atoms with Crippen LogP contribution in [-0.2, 0) is 14.3 Å². The summed E-state index contributed by atoms with van der Waals surface area (Å²) in [6.07, 6.45) is 0. The van der Waals surface area contributed by atoms with Crippen LogP contribution < -0.4 is 10.6 Å². The summed E-state index contributed by atoms with van der Waals surface area (Å²) in [5, 5.41) is 8.67. The number of carbonyl (C=O) groups is 1. The number of hydrogen-bond donors (Lipinski definition) is 2. The lowest BCUT2D eigenvalue weighted by Crippen LogP contribution is -2.47. The van der Waals surface area contributed by atoms with Gasteiger partial charge in [-0.05, 0) is 11.4 Å². The number of nitrogens with one attached hydrogen (secondary N) is 2. The van der Waals surface area contributed by atoms with E-state index in [1.165, 1.54) is 12.0 Å². The van der Waals surface area contributed by atoms with E-state index < -0.39 is 0 Å². The van der Waals surface area contributed by atoms with Gasteiger partial charge in [-0.15, -0.1) is 35.3 Å². The minimum atomic E-state index is -0.229. The quantitative estimate of drug-likeness (QED) is 0.259. The average Bonchev–Trinajstić information content (AvgIpc) is 3.18. The summed E-state index contributed by atoms with van der Waals surface area (Å²) >= 11 is 1.77. The normalized spacial score (nSPS) is 17.7. The Morgan fingerprint density at radius 1 is 1.38 bits per heavy atom. The fourth-order valence-electron chi connectivity index (χ4n) is 2.73.